The summed E-state index contributed by atoms with van der Waals surface area (Å²) in [6.07, 6.45) is 4.82. The third-order valence-corrected chi connectivity index (χ3v) is 2.16. The molecule has 0 amide bonds. The van der Waals surface area contributed by atoms with Gasteiger partial charge in [0, 0.05) is 20.1 Å². The molecule has 0 spiro atoms. The van der Waals surface area contributed by atoms with Gasteiger partial charge in [-0.25, -0.2) is 0 Å². The van der Waals surface area contributed by atoms with Gasteiger partial charge >= 0.3 is 5.97 Å². The van der Waals surface area contributed by atoms with Gasteiger partial charge in [0.05, 0.1) is 6.61 Å². The molecule has 0 radical (unpaired) electrons. The minimum Gasteiger partial charge on any atom is -0.465 e. The fraction of sp³-hybridized carbons (Fsp3) is 0.900. The van der Waals surface area contributed by atoms with Gasteiger partial charge in [-0.3, -0.25) is 4.79 Å². The summed E-state index contributed by atoms with van der Waals surface area (Å²) in [7, 11) is 1.67. The van der Waals surface area contributed by atoms with Crippen LogP contribution in [0, 0.1) is 5.92 Å². The lowest BCUT2D eigenvalue weighted by Crippen LogP contribution is -2.07. The lowest BCUT2D eigenvalue weighted by molar-refractivity contribution is -0.144. The van der Waals surface area contributed by atoms with Crippen molar-refractivity contribution in [2.45, 2.75) is 32.1 Å². The van der Waals surface area contributed by atoms with E-state index < -0.39 is 0 Å². The van der Waals surface area contributed by atoms with Gasteiger partial charge in [-0.2, -0.15) is 0 Å². The van der Waals surface area contributed by atoms with E-state index in [4.69, 9.17) is 9.47 Å². The first-order valence-corrected chi connectivity index (χ1v) is 4.97. The van der Waals surface area contributed by atoms with Crippen molar-refractivity contribution >= 4 is 5.97 Å². The quantitative estimate of drug-likeness (QED) is 0.449. The average molecular weight is 186 g/mol. The molecule has 0 aromatic heterocycles. The Morgan fingerprint density at radius 2 is 2.15 bits per heavy atom. The highest BCUT2D eigenvalue weighted by Crippen LogP contribution is 2.28. The number of hydrogen-bond donors (Lipinski definition) is 0. The molecule has 76 valence electrons. The third-order valence-electron chi connectivity index (χ3n) is 2.16. The number of carbonyl (C=O) groups is 1. The van der Waals surface area contributed by atoms with Gasteiger partial charge < -0.3 is 9.47 Å². The third kappa shape index (κ3) is 5.64. The molecule has 1 fully saturated rings. The zero-order valence-electron chi connectivity index (χ0n) is 8.25. The Morgan fingerprint density at radius 1 is 1.38 bits per heavy atom. The van der Waals surface area contributed by atoms with E-state index in [-0.39, 0.29) is 5.97 Å². The highest BCUT2D eigenvalue weighted by Gasteiger charge is 2.22. The standard InChI is InChI=1S/C10H18O3/c1-12-7-3-2-4-10(11)13-8-9-5-6-9/h9H,2-8H2,1H3. The van der Waals surface area contributed by atoms with Crippen molar-refractivity contribution in [1.82, 2.24) is 0 Å². The lowest BCUT2D eigenvalue weighted by atomic mass is 10.2. The number of hydrogen-bond acceptors (Lipinski definition) is 3. The Hall–Kier alpha value is -0.570. The fourth-order valence-corrected chi connectivity index (χ4v) is 1.08. The molecule has 0 saturated heterocycles. The molecular weight excluding hydrogens is 168 g/mol. The molecule has 1 saturated carbocycles. The van der Waals surface area contributed by atoms with Gasteiger partial charge in [0.1, 0.15) is 0 Å². The molecule has 0 bridgehead atoms. The SMILES string of the molecule is COCCCCC(=O)OCC1CC1. The van der Waals surface area contributed by atoms with Crippen LogP contribution in [0.2, 0.25) is 0 Å². The van der Waals surface area contributed by atoms with Crippen LogP contribution in [0.25, 0.3) is 0 Å². The second-order valence-electron chi connectivity index (χ2n) is 3.58. The second-order valence-corrected chi connectivity index (χ2v) is 3.58. The predicted molar refractivity (Wildman–Crippen MR) is 49.4 cm³/mol. The van der Waals surface area contributed by atoms with E-state index in [1.807, 2.05) is 0 Å². The molecule has 0 heterocycles. The summed E-state index contributed by atoms with van der Waals surface area (Å²) in [6.45, 7) is 1.37. The molecule has 3 nitrogen and oxygen atoms in total. The summed E-state index contributed by atoms with van der Waals surface area (Å²) >= 11 is 0. The van der Waals surface area contributed by atoms with Gasteiger partial charge in [0.2, 0.25) is 0 Å². The van der Waals surface area contributed by atoms with Gasteiger partial charge in [-0.15, -0.1) is 0 Å². The van der Waals surface area contributed by atoms with Crippen molar-refractivity contribution in [2.24, 2.45) is 5.92 Å². The molecule has 0 aromatic rings. The van der Waals surface area contributed by atoms with Crippen LogP contribution >= 0.6 is 0 Å². The van der Waals surface area contributed by atoms with Crippen molar-refractivity contribution in [2.75, 3.05) is 20.3 Å². The summed E-state index contributed by atoms with van der Waals surface area (Å²) in [4.78, 5) is 11.1. The maximum atomic E-state index is 11.1. The first kappa shape index (κ1) is 10.5. The Labute approximate surface area is 79.4 Å². The van der Waals surface area contributed by atoms with Crippen LogP contribution in [0.15, 0.2) is 0 Å². The van der Waals surface area contributed by atoms with Crippen LogP contribution < -0.4 is 0 Å². The first-order valence-electron chi connectivity index (χ1n) is 4.97. The van der Waals surface area contributed by atoms with E-state index in [9.17, 15) is 4.79 Å². The molecule has 1 rings (SSSR count). The Kier molecular flexibility index (Phi) is 4.83. The summed E-state index contributed by atoms with van der Waals surface area (Å²) in [5.74, 6) is 0.617. The zero-order chi connectivity index (χ0) is 9.52. The number of unbranched alkanes of at least 4 members (excludes halogenated alkanes) is 1. The molecular formula is C10H18O3. The lowest BCUT2D eigenvalue weighted by Gasteiger charge is -2.02. The number of esters is 1. The van der Waals surface area contributed by atoms with Crippen molar-refractivity contribution in [3.63, 3.8) is 0 Å². The Bertz CT molecular complexity index is 152. The van der Waals surface area contributed by atoms with Crippen LogP contribution in [0.1, 0.15) is 32.1 Å². The van der Waals surface area contributed by atoms with E-state index >= 15 is 0 Å². The number of ether oxygens (including phenoxy) is 2. The van der Waals surface area contributed by atoms with Crippen LogP contribution in [0.3, 0.4) is 0 Å². The van der Waals surface area contributed by atoms with E-state index in [0.29, 0.717) is 18.9 Å². The molecule has 13 heavy (non-hydrogen) atoms. The van der Waals surface area contributed by atoms with E-state index in [0.717, 1.165) is 19.4 Å². The van der Waals surface area contributed by atoms with Crippen LogP contribution in [0.4, 0.5) is 0 Å². The van der Waals surface area contributed by atoms with E-state index in [1.165, 1.54) is 12.8 Å². The molecule has 0 aromatic carbocycles. The Morgan fingerprint density at radius 3 is 2.77 bits per heavy atom. The zero-order valence-corrected chi connectivity index (χ0v) is 8.25. The number of carbonyl (C=O) groups excluding carboxylic acids is 1. The fourth-order valence-electron chi connectivity index (χ4n) is 1.08. The monoisotopic (exact) mass is 186 g/mol. The van der Waals surface area contributed by atoms with E-state index in [1.54, 1.807) is 7.11 Å². The summed E-state index contributed by atoms with van der Waals surface area (Å²) < 4.78 is 9.95. The molecule has 0 aliphatic heterocycles. The molecule has 0 N–H and O–H groups in total. The van der Waals surface area contributed by atoms with Gasteiger partial charge in [-0.1, -0.05) is 0 Å². The van der Waals surface area contributed by atoms with Crippen molar-refractivity contribution in [3.05, 3.63) is 0 Å². The molecule has 1 aliphatic carbocycles. The van der Waals surface area contributed by atoms with E-state index in [2.05, 4.69) is 0 Å². The van der Waals surface area contributed by atoms with Crippen LogP contribution in [-0.4, -0.2) is 26.3 Å². The van der Waals surface area contributed by atoms with Crippen molar-refractivity contribution in [3.8, 4) is 0 Å². The highest BCUT2D eigenvalue weighted by atomic mass is 16.5. The maximum Gasteiger partial charge on any atom is 0.305 e. The molecule has 0 unspecified atom stereocenters. The first-order chi connectivity index (χ1) is 6.33. The highest BCUT2D eigenvalue weighted by molar-refractivity contribution is 5.69. The summed E-state index contributed by atoms with van der Waals surface area (Å²) in [5.41, 5.74) is 0. The summed E-state index contributed by atoms with van der Waals surface area (Å²) in [5, 5.41) is 0. The van der Waals surface area contributed by atoms with Gasteiger partial charge in [0.25, 0.3) is 0 Å². The number of methoxy groups -OCH3 is 1. The minimum atomic E-state index is -0.0528. The number of rotatable bonds is 7. The topological polar surface area (TPSA) is 35.5 Å². The molecule has 1 aliphatic rings. The smallest absolute Gasteiger partial charge is 0.305 e. The second kappa shape index (κ2) is 5.97. The largest absolute Gasteiger partial charge is 0.465 e. The van der Waals surface area contributed by atoms with Crippen LogP contribution in [-0.2, 0) is 14.3 Å². The normalized spacial score (nSPS) is 15.8. The predicted octanol–water partition coefficient (Wildman–Crippen LogP) is 1.76. The summed E-state index contributed by atoms with van der Waals surface area (Å²) in [6, 6.07) is 0. The average Bonchev–Trinajstić information content (AvgIpc) is 2.92. The van der Waals surface area contributed by atoms with Gasteiger partial charge in [-0.05, 0) is 31.6 Å². The minimum absolute atomic E-state index is 0.0528. The maximum absolute atomic E-state index is 11.1. The van der Waals surface area contributed by atoms with Gasteiger partial charge in [0.15, 0.2) is 0 Å². The van der Waals surface area contributed by atoms with Crippen LogP contribution in [0.5, 0.6) is 0 Å². The van der Waals surface area contributed by atoms with Crippen molar-refractivity contribution < 1.29 is 14.3 Å². The molecule has 0 atom stereocenters. The van der Waals surface area contributed by atoms with Crippen molar-refractivity contribution in [1.29, 1.82) is 0 Å². The Balaban J connectivity index is 1.84. The molecule has 3 heteroatoms.